The Morgan fingerprint density at radius 1 is 1.57 bits per heavy atom. The molecule has 1 fully saturated rings. The maximum atomic E-state index is 12.1. The maximum Gasteiger partial charge on any atom is 0.227 e. The number of piperidine rings is 1. The maximum absolute atomic E-state index is 12.1. The van der Waals surface area contributed by atoms with E-state index >= 15 is 0 Å². The van der Waals surface area contributed by atoms with E-state index in [1.807, 2.05) is 30.7 Å². The van der Waals surface area contributed by atoms with Gasteiger partial charge in [0.2, 0.25) is 11.8 Å². The lowest BCUT2D eigenvalue weighted by molar-refractivity contribution is -0.126. The van der Waals surface area contributed by atoms with Crippen molar-refractivity contribution in [2.24, 2.45) is 5.92 Å². The molecule has 5 nitrogen and oxygen atoms in total. The first-order chi connectivity index (χ1) is 11.2. The van der Waals surface area contributed by atoms with Crippen LogP contribution in [-0.4, -0.2) is 35.4 Å². The number of likely N-dealkylation sites (tertiary alicyclic amines) is 1. The fourth-order valence-electron chi connectivity index (χ4n) is 3.03. The van der Waals surface area contributed by atoms with E-state index in [0.717, 1.165) is 49.5 Å². The molecular weight excluding hydrogens is 310 g/mol. The summed E-state index contributed by atoms with van der Waals surface area (Å²) < 4.78 is 5.80. The molecule has 0 aromatic carbocycles. The van der Waals surface area contributed by atoms with Crippen molar-refractivity contribution in [3.8, 4) is 11.5 Å². The van der Waals surface area contributed by atoms with Crippen LogP contribution in [0.1, 0.15) is 31.2 Å². The summed E-state index contributed by atoms with van der Waals surface area (Å²) >= 11 is 1.64. The van der Waals surface area contributed by atoms with Crippen LogP contribution in [0.3, 0.4) is 0 Å². The van der Waals surface area contributed by atoms with E-state index in [4.69, 9.17) is 4.42 Å². The van der Waals surface area contributed by atoms with Crippen molar-refractivity contribution >= 4 is 17.2 Å². The Kier molecular flexibility index (Phi) is 5.13. The summed E-state index contributed by atoms with van der Waals surface area (Å²) in [6.45, 7) is 7.17. The molecule has 3 heterocycles. The molecule has 0 bridgehead atoms. The van der Waals surface area contributed by atoms with Crippen LogP contribution < -0.4 is 5.32 Å². The molecule has 0 spiro atoms. The van der Waals surface area contributed by atoms with Gasteiger partial charge in [-0.05, 0) is 44.7 Å². The van der Waals surface area contributed by atoms with E-state index < -0.39 is 0 Å². The van der Waals surface area contributed by atoms with E-state index in [2.05, 4.69) is 15.2 Å². The molecular formula is C17H23N3O2S. The van der Waals surface area contributed by atoms with Crippen molar-refractivity contribution in [2.75, 3.05) is 19.6 Å². The predicted octanol–water partition coefficient (Wildman–Crippen LogP) is 3.06. The van der Waals surface area contributed by atoms with E-state index in [9.17, 15) is 4.79 Å². The van der Waals surface area contributed by atoms with Gasteiger partial charge in [0, 0.05) is 30.6 Å². The molecule has 23 heavy (non-hydrogen) atoms. The number of hydrogen-bond donors (Lipinski definition) is 1. The van der Waals surface area contributed by atoms with Crippen molar-refractivity contribution in [2.45, 2.75) is 33.2 Å². The highest BCUT2D eigenvalue weighted by Gasteiger charge is 2.26. The minimum Gasteiger partial charge on any atom is -0.441 e. The number of carbonyl (C=O) groups excluding carboxylic acids is 1. The van der Waals surface area contributed by atoms with Gasteiger partial charge in [0.15, 0.2) is 0 Å². The lowest BCUT2D eigenvalue weighted by atomic mass is 9.97. The van der Waals surface area contributed by atoms with Gasteiger partial charge in [-0.25, -0.2) is 4.98 Å². The highest BCUT2D eigenvalue weighted by Crippen LogP contribution is 2.25. The Morgan fingerprint density at radius 3 is 3.17 bits per heavy atom. The van der Waals surface area contributed by atoms with Crippen LogP contribution in [0.5, 0.6) is 0 Å². The van der Waals surface area contributed by atoms with Crippen LogP contribution in [-0.2, 0) is 11.3 Å². The number of nitrogens with zero attached hydrogens (tertiary/aromatic N) is 2. The molecule has 1 N–H and O–H groups in total. The second-order valence-electron chi connectivity index (χ2n) is 6.00. The van der Waals surface area contributed by atoms with E-state index in [1.165, 1.54) is 0 Å². The smallest absolute Gasteiger partial charge is 0.227 e. The Hall–Kier alpha value is -1.66. The summed E-state index contributed by atoms with van der Waals surface area (Å²) in [4.78, 5) is 19.0. The number of rotatable bonds is 5. The van der Waals surface area contributed by atoms with Crippen molar-refractivity contribution < 1.29 is 9.21 Å². The van der Waals surface area contributed by atoms with Crippen molar-refractivity contribution in [1.82, 2.24) is 15.2 Å². The van der Waals surface area contributed by atoms with Crippen molar-refractivity contribution in [1.29, 1.82) is 0 Å². The fourth-order valence-corrected chi connectivity index (χ4v) is 3.66. The van der Waals surface area contributed by atoms with Gasteiger partial charge in [-0.15, -0.1) is 0 Å². The highest BCUT2D eigenvalue weighted by atomic mass is 32.1. The summed E-state index contributed by atoms with van der Waals surface area (Å²) in [6.07, 6.45) is 2.02. The minimum absolute atomic E-state index is 0.0900. The number of aromatic nitrogens is 1. The van der Waals surface area contributed by atoms with Crippen LogP contribution in [0.2, 0.25) is 0 Å². The monoisotopic (exact) mass is 333 g/mol. The second-order valence-corrected chi connectivity index (χ2v) is 6.78. The second kappa shape index (κ2) is 7.27. The molecule has 2 aromatic heterocycles. The van der Waals surface area contributed by atoms with Gasteiger partial charge < -0.3 is 9.73 Å². The molecule has 1 amide bonds. The van der Waals surface area contributed by atoms with E-state index in [1.54, 1.807) is 11.3 Å². The largest absolute Gasteiger partial charge is 0.441 e. The molecule has 1 unspecified atom stereocenters. The number of amides is 1. The zero-order valence-corrected chi connectivity index (χ0v) is 14.5. The third-order valence-electron chi connectivity index (χ3n) is 4.26. The first-order valence-electron chi connectivity index (χ1n) is 8.16. The SMILES string of the molecule is CCNC(=O)C1CCCN(Cc2nc(-c3ccsc3)oc2C)C1. The molecule has 1 aliphatic heterocycles. The van der Waals surface area contributed by atoms with Gasteiger partial charge in [0.25, 0.3) is 0 Å². The third kappa shape index (κ3) is 3.82. The standard InChI is InChI=1S/C17H23N3O2S/c1-3-18-16(21)13-5-4-7-20(9-13)10-15-12(2)22-17(19-15)14-6-8-23-11-14/h6,8,11,13H,3-5,7,9-10H2,1-2H3,(H,18,21). The van der Waals surface area contributed by atoms with E-state index in [0.29, 0.717) is 12.4 Å². The Balaban J connectivity index is 1.66. The number of thiophene rings is 1. The zero-order chi connectivity index (χ0) is 16.2. The van der Waals surface area contributed by atoms with Crippen LogP contribution in [0.25, 0.3) is 11.5 Å². The summed E-state index contributed by atoms with van der Waals surface area (Å²) in [7, 11) is 0. The van der Waals surface area contributed by atoms with Gasteiger partial charge in [0.1, 0.15) is 5.76 Å². The van der Waals surface area contributed by atoms with Crippen molar-refractivity contribution in [3.63, 3.8) is 0 Å². The fraction of sp³-hybridized carbons (Fsp3) is 0.529. The molecule has 3 rings (SSSR count). The molecule has 1 aliphatic rings. The first kappa shape index (κ1) is 16.2. The number of carbonyl (C=O) groups is 1. The van der Waals surface area contributed by atoms with Crippen LogP contribution in [0, 0.1) is 12.8 Å². The molecule has 124 valence electrons. The number of aryl methyl sites for hydroxylation is 1. The topological polar surface area (TPSA) is 58.4 Å². The predicted molar refractivity (Wildman–Crippen MR) is 91.2 cm³/mol. The van der Waals surface area contributed by atoms with Crippen LogP contribution in [0.15, 0.2) is 21.2 Å². The molecule has 0 aliphatic carbocycles. The summed E-state index contributed by atoms with van der Waals surface area (Å²) in [6, 6.07) is 2.02. The van der Waals surface area contributed by atoms with Gasteiger partial charge in [-0.1, -0.05) is 0 Å². The molecule has 2 aromatic rings. The Morgan fingerprint density at radius 2 is 2.43 bits per heavy atom. The minimum atomic E-state index is 0.0900. The molecule has 0 radical (unpaired) electrons. The quantitative estimate of drug-likeness (QED) is 0.913. The van der Waals surface area contributed by atoms with Gasteiger partial charge in [0.05, 0.1) is 11.6 Å². The van der Waals surface area contributed by atoms with Gasteiger partial charge in [-0.2, -0.15) is 11.3 Å². The number of hydrogen-bond acceptors (Lipinski definition) is 5. The van der Waals surface area contributed by atoms with Crippen molar-refractivity contribution in [3.05, 3.63) is 28.3 Å². The highest BCUT2D eigenvalue weighted by molar-refractivity contribution is 7.08. The van der Waals surface area contributed by atoms with Crippen LogP contribution in [0.4, 0.5) is 0 Å². The summed E-state index contributed by atoms with van der Waals surface area (Å²) in [5.41, 5.74) is 2.01. The van der Waals surface area contributed by atoms with Gasteiger partial charge in [-0.3, -0.25) is 9.69 Å². The van der Waals surface area contributed by atoms with E-state index in [-0.39, 0.29) is 11.8 Å². The molecule has 6 heteroatoms. The Labute approximate surface area is 140 Å². The normalized spacial score (nSPS) is 19.0. The first-order valence-corrected chi connectivity index (χ1v) is 9.10. The third-order valence-corrected chi connectivity index (χ3v) is 4.94. The summed E-state index contributed by atoms with van der Waals surface area (Å²) in [5, 5.41) is 7.00. The average molecular weight is 333 g/mol. The molecule has 0 saturated carbocycles. The molecule has 1 saturated heterocycles. The number of nitrogens with one attached hydrogen (secondary N) is 1. The lowest BCUT2D eigenvalue weighted by Gasteiger charge is -2.31. The molecule has 1 atom stereocenters. The average Bonchev–Trinajstić information content (AvgIpc) is 3.18. The lowest BCUT2D eigenvalue weighted by Crippen LogP contribution is -2.42. The Bertz CT molecular complexity index is 651. The number of oxazole rings is 1. The zero-order valence-electron chi connectivity index (χ0n) is 13.7. The summed E-state index contributed by atoms with van der Waals surface area (Å²) in [5.74, 6) is 1.82. The van der Waals surface area contributed by atoms with Crippen LogP contribution >= 0.6 is 11.3 Å². The van der Waals surface area contributed by atoms with Gasteiger partial charge >= 0.3 is 0 Å².